The van der Waals surface area contributed by atoms with Crippen LogP contribution in [0.25, 0.3) is 0 Å². The number of hydrogen-bond acceptors (Lipinski definition) is 3. The first-order valence-electron chi connectivity index (χ1n) is 5.75. The number of nitrogens with two attached hydrogens (primary N) is 1. The van der Waals surface area contributed by atoms with E-state index >= 15 is 0 Å². The van der Waals surface area contributed by atoms with Crippen LogP contribution in [0.4, 0.5) is 0 Å². The summed E-state index contributed by atoms with van der Waals surface area (Å²) in [5, 5.41) is 0. The second kappa shape index (κ2) is 6.51. The summed E-state index contributed by atoms with van der Waals surface area (Å²) in [4.78, 5) is 2.09. The van der Waals surface area contributed by atoms with Crippen LogP contribution in [-0.2, 0) is 6.42 Å². The fourth-order valence-electron chi connectivity index (χ4n) is 1.48. The maximum absolute atomic E-state index is 5.74. The predicted molar refractivity (Wildman–Crippen MR) is 67.8 cm³/mol. The summed E-state index contributed by atoms with van der Waals surface area (Å²) in [5.41, 5.74) is 6.97. The van der Waals surface area contributed by atoms with Crippen molar-refractivity contribution in [3.05, 3.63) is 29.8 Å². The Morgan fingerprint density at radius 1 is 1.38 bits per heavy atom. The smallest absolute Gasteiger partial charge is 0.119 e. The first-order chi connectivity index (χ1) is 7.67. The molecule has 0 spiro atoms. The van der Waals surface area contributed by atoms with Crippen LogP contribution in [0.5, 0.6) is 5.75 Å². The van der Waals surface area contributed by atoms with Crippen LogP contribution >= 0.6 is 0 Å². The van der Waals surface area contributed by atoms with Gasteiger partial charge in [-0.15, -0.1) is 0 Å². The fourth-order valence-corrected chi connectivity index (χ4v) is 1.48. The third kappa shape index (κ3) is 3.83. The lowest BCUT2D eigenvalue weighted by atomic mass is 10.2. The monoisotopic (exact) mass is 222 g/mol. The normalized spacial score (nSPS) is 12.8. The third-order valence-electron chi connectivity index (χ3n) is 2.75. The lowest BCUT2D eigenvalue weighted by Gasteiger charge is -2.22. The summed E-state index contributed by atoms with van der Waals surface area (Å²) in [5.74, 6) is 0.930. The van der Waals surface area contributed by atoms with Crippen LogP contribution in [0.2, 0.25) is 0 Å². The zero-order valence-electron chi connectivity index (χ0n) is 10.4. The van der Waals surface area contributed by atoms with Crippen LogP contribution in [0.15, 0.2) is 24.3 Å². The number of ether oxygens (including phenoxy) is 1. The van der Waals surface area contributed by atoms with Crippen molar-refractivity contribution in [1.82, 2.24) is 4.90 Å². The van der Waals surface area contributed by atoms with Crippen LogP contribution < -0.4 is 10.5 Å². The van der Waals surface area contributed by atoms with Crippen molar-refractivity contribution in [3.8, 4) is 5.75 Å². The van der Waals surface area contributed by atoms with Gasteiger partial charge in [-0.3, -0.25) is 0 Å². The maximum Gasteiger partial charge on any atom is 0.119 e. The van der Waals surface area contributed by atoms with Crippen LogP contribution in [-0.4, -0.2) is 38.2 Å². The molecule has 0 radical (unpaired) electrons. The Morgan fingerprint density at radius 3 is 2.69 bits per heavy atom. The first-order valence-corrected chi connectivity index (χ1v) is 5.75. The molecule has 1 unspecified atom stereocenters. The third-order valence-corrected chi connectivity index (χ3v) is 2.75. The van der Waals surface area contributed by atoms with Gasteiger partial charge in [-0.1, -0.05) is 19.1 Å². The Kier molecular flexibility index (Phi) is 5.29. The topological polar surface area (TPSA) is 38.5 Å². The van der Waals surface area contributed by atoms with Gasteiger partial charge in [0, 0.05) is 6.54 Å². The number of nitrogens with zero attached hydrogens (tertiary/aromatic N) is 1. The molecular weight excluding hydrogens is 200 g/mol. The van der Waals surface area contributed by atoms with E-state index < -0.39 is 0 Å². The van der Waals surface area contributed by atoms with E-state index in [0.29, 0.717) is 13.2 Å². The molecule has 0 aliphatic carbocycles. The molecule has 0 aromatic heterocycles. The molecule has 0 bridgehead atoms. The van der Waals surface area contributed by atoms with E-state index in [0.717, 1.165) is 12.2 Å². The van der Waals surface area contributed by atoms with E-state index in [2.05, 4.69) is 24.0 Å². The largest absolute Gasteiger partial charge is 0.492 e. The molecule has 0 heterocycles. The molecule has 0 aliphatic heterocycles. The average molecular weight is 222 g/mol. The van der Waals surface area contributed by atoms with Gasteiger partial charge >= 0.3 is 0 Å². The molecule has 1 atom stereocenters. The molecule has 1 aromatic rings. The molecule has 2 N–H and O–H groups in total. The summed E-state index contributed by atoms with van der Waals surface area (Å²) < 4.78 is 5.74. The number of hydrogen-bond donors (Lipinski definition) is 1. The van der Waals surface area contributed by atoms with Crippen LogP contribution in [0, 0.1) is 0 Å². The summed E-state index contributed by atoms with van der Waals surface area (Å²) in [6.45, 7) is 3.39. The Bertz CT molecular complexity index is 313. The van der Waals surface area contributed by atoms with Crippen molar-refractivity contribution >= 4 is 0 Å². The van der Waals surface area contributed by atoms with Crippen molar-refractivity contribution in [2.75, 3.05) is 27.2 Å². The minimum atomic E-state index is 0.269. The maximum atomic E-state index is 5.74. The molecule has 0 aliphatic rings. The molecule has 1 aromatic carbocycles. The second-order valence-electron chi connectivity index (χ2n) is 4.17. The highest BCUT2D eigenvalue weighted by molar-refractivity contribution is 5.28. The minimum absolute atomic E-state index is 0.269. The quantitative estimate of drug-likeness (QED) is 0.793. The van der Waals surface area contributed by atoms with E-state index in [-0.39, 0.29) is 6.04 Å². The molecule has 3 nitrogen and oxygen atoms in total. The molecule has 16 heavy (non-hydrogen) atoms. The Morgan fingerprint density at radius 2 is 2.12 bits per heavy atom. The molecule has 3 heteroatoms. The molecule has 1 rings (SSSR count). The zero-order valence-corrected chi connectivity index (χ0v) is 10.4. The highest BCUT2D eigenvalue weighted by Gasteiger charge is 2.09. The highest BCUT2D eigenvalue weighted by atomic mass is 16.5. The molecule has 0 fully saturated rings. The number of benzene rings is 1. The lowest BCUT2D eigenvalue weighted by molar-refractivity contribution is 0.190. The van der Waals surface area contributed by atoms with Crippen LogP contribution in [0.3, 0.4) is 0 Å². The summed E-state index contributed by atoms with van der Waals surface area (Å²) in [6.07, 6.45) is 1.03. The molecule has 0 saturated heterocycles. The van der Waals surface area contributed by atoms with Gasteiger partial charge in [0.15, 0.2) is 0 Å². The summed E-state index contributed by atoms with van der Waals surface area (Å²) in [7, 11) is 4.03. The van der Waals surface area contributed by atoms with Gasteiger partial charge in [0.25, 0.3) is 0 Å². The summed E-state index contributed by atoms with van der Waals surface area (Å²) >= 11 is 0. The van der Waals surface area contributed by atoms with Crippen molar-refractivity contribution in [3.63, 3.8) is 0 Å². The Balaban J connectivity index is 2.53. The average Bonchev–Trinajstić information content (AvgIpc) is 2.29. The molecular formula is C13H22N2O. The predicted octanol–water partition coefficient (Wildman–Crippen LogP) is 1.52. The second-order valence-corrected chi connectivity index (χ2v) is 4.17. The lowest BCUT2D eigenvalue weighted by Crippen LogP contribution is -2.39. The van der Waals surface area contributed by atoms with Crippen molar-refractivity contribution in [1.29, 1.82) is 0 Å². The minimum Gasteiger partial charge on any atom is -0.492 e. The Labute approximate surface area is 98.2 Å². The number of aryl methyl sites for hydroxylation is 1. The number of rotatable bonds is 6. The molecule has 0 saturated carbocycles. The molecule has 90 valence electrons. The fraction of sp³-hybridized carbons (Fsp3) is 0.538. The van der Waals surface area contributed by atoms with Gasteiger partial charge in [-0.05, 0) is 38.2 Å². The van der Waals surface area contributed by atoms with Gasteiger partial charge in [-0.2, -0.15) is 0 Å². The van der Waals surface area contributed by atoms with E-state index in [4.69, 9.17) is 10.5 Å². The Hall–Kier alpha value is -1.06. The van der Waals surface area contributed by atoms with Crippen molar-refractivity contribution in [2.24, 2.45) is 5.73 Å². The van der Waals surface area contributed by atoms with Crippen molar-refractivity contribution < 1.29 is 4.74 Å². The standard InChI is InChI=1S/C13H22N2O/c1-4-11-6-5-7-13(8-11)16-10-12(9-14)15(2)3/h5-8,12H,4,9-10,14H2,1-3H3. The van der Waals surface area contributed by atoms with Crippen LogP contribution in [0.1, 0.15) is 12.5 Å². The summed E-state index contributed by atoms with van der Waals surface area (Å²) in [6, 6.07) is 8.48. The van der Waals surface area contributed by atoms with E-state index in [9.17, 15) is 0 Å². The van der Waals surface area contributed by atoms with Gasteiger partial charge < -0.3 is 15.4 Å². The van der Waals surface area contributed by atoms with E-state index in [1.54, 1.807) is 0 Å². The first kappa shape index (κ1) is 13.0. The number of likely N-dealkylation sites (N-methyl/N-ethyl adjacent to an activating group) is 1. The van der Waals surface area contributed by atoms with Crippen molar-refractivity contribution in [2.45, 2.75) is 19.4 Å². The van der Waals surface area contributed by atoms with E-state index in [1.807, 2.05) is 26.2 Å². The van der Waals surface area contributed by atoms with Gasteiger partial charge in [-0.25, -0.2) is 0 Å². The molecule has 0 amide bonds. The van der Waals surface area contributed by atoms with E-state index in [1.165, 1.54) is 5.56 Å². The SMILES string of the molecule is CCc1cccc(OCC(CN)N(C)C)c1. The van der Waals surface area contributed by atoms with Gasteiger partial charge in [0.1, 0.15) is 12.4 Å². The highest BCUT2D eigenvalue weighted by Crippen LogP contribution is 2.14. The van der Waals surface area contributed by atoms with Gasteiger partial charge in [0.2, 0.25) is 0 Å². The zero-order chi connectivity index (χ0) is 12.0. The van der Waals surface area contributed by atoms with Gasteiger partial charge in [0.05, 0.1) is 6.04 Å².